The lowest BCUT2D eigenvalue weighted by Gasteiger charge is -2.33. The van der Waals surface area contributed by atoms with Crippen molar-refractivity contribution in [2.24, 2.45) is 0 Å². The fourth-order valence-corrected chi connectivity index (χ4v) is 4.64. The van der Waals surface area contributed by atoms with Crippen molar-refractivity contribution in [3.63, 3.8) is 0 Å². The minimum atomic E-state index is -1.21. The maximum absolute atomic E-state index is 13.4. The maximum Gasteiger partial charge on any atom is 0.327 e. The summed E-state index contributed by atoms with van der Waals surface area (Å²) in [5, 5.41) is 0.504. The van der Waals surface area contributed by atoms with Gasteiger partial charge in [-0.3, -0.25) is 14.5 Å². The third-order valence-electron chi connectivity index (χ3n) is 6.36. The molecule has 33 heavy (non-hydrogen) atoms. The second-order valence-corrected chi connectivity index (χ2v) is 9.66. The highest BCUT2D eigenvalue weighted by atomic mass is 35.5. The standard InChI is InChI=1S/C26H33ClN2O3.ClH/c1-17(2)29(18(3)4)14-13-28(6)24(30)16-26(20-9-7-19(5)8-10-20)22-15-21(27)11-12-23(22)32-25(26)31;/h7-12,15,17-18H,13-14,16H2,1-6H3;1H. The highest BCUT2D eigenvalue weighted by molar-refractivity contribution is 6.30. The van der Waals surface area contributed by atoms with Gasteiger partial charge in [-0.05, 0) is 58.4 Å². The third-order valence-corrected chi connectivity index (χ3v) is 6.59. The average Bonchev–Trinajstić information content (AvgIpc) is 2.99. The lowest BCUT2D eigenvalue weighted by Crippen LogP contribution is -2.45. The first-order valence-electron chi connectivity index (χ1n) is 11.2. The van der Waals surface area contributed by atoms with E-state index in [1.54, 1.807) is 30.1 Å². The molecule has 2 aromatic carbocycles. The number of benzene rings is 2. The zero-order chi connectivity index (χ0) is 23.6. The number of carbonyl (C=O) groups excluding carboxylic acids is 2. The monoisotopic (exact) mass is 492 g/mol. The van der Waals surface area contributed by atoms with E-state index in [0.29, 0.717) is 35.0 Å². The normalized spacial score (nSPS) is 17.2. The number of aryl methyl sites for hydroxylation is 1. The summed E-state index contributed by atoms with van der Waals surface area (Å²) in [4.78, 5) is 30.8. The molecule has 0 fully saturated rings. The van der Waals surface area contributed by atoms with E-state index >= 15 is 0 Å². The lowest BCUT2D eigenvalue weighted by molar-refractivity contribution is -0.141. The molecule has 1 aliphatic heterocycles. The maximum atomic E-state index is 13.4. The summed E-state index contributed by atoms with van der Waals surface area (Å²) < 4.78 is 5.63. The molecule has 0 N–H and O–H groups in total. The zero-order valence-corrected chi connectivity index (χ0v) is 21.8. The largest absolute Gasteiger partial charge is 0.425 e. The van der Waals surface area contributed by atoms with E-state index in [1.165, 1.54) is 0 Å². The summed E-state index contributed by atoms with van der Waals surface area (Å²) in [6, 6.07) is 13.6. The van der Waals surface area contributed by atoms with Crippen molar-refractivity contribution in [2.45, 2.75) is 58.5 Å². The average molecular weight is 493 g/mol. The van der Waals surface area contributed by atoms with Crippen LogP contribution in [0, 0.1) is 6.92 Å². The molecule has 0 saturated heterocycles. The van der Waals surface area contributed by atoms with Crippen LogP contribution < -0.4 is 4.74 Å². The highest BCUT2D eigenvalue weighted by Gasteiger charge is 2.52. The fourth-order valence-electron chi connectivity index (χ4n) is 4.47. The Bertz CT molecular complexity index is 984. The first kappa shape index (κ1) is 27.2. The molecule has 0 bridgehead atoms. The minimum absolute atomic E-state index is 0. The van der Waals surface area contributed by atoms with Gasteiger partial charge < -0.3 is 9.64 Å². The number of halogens is 2. The van der Waals surface area contributed by atoms with Gasteiger partial charge in [-0.1, -0.05) is 41.4 Å². The van der Waals surface area contributed by atoms with Gasteiger partial charge in [-0.25, -0.2) is 0 Å². The van der Waals surface area contributed by atoms with Gasteiger partial charge in [0.1, 0.15) is 11.2 Å². The SMILES string of the molecule is Cc1ccc(C2(CC(=O)N(C)CCN(C(C)C)C(C)C)C(=O)Oc3ccc(Cl)cc32)cc1.Cl. The Morgan fingerprint density at radius 2 is 1.64 bits per heavy atom. The Balaban J connectivity index is 0.00000385. The minimum Gasteiger partial charge on any atom is -0.425 e. The molecule has 2 aromatic rings. The Morgan fingerprint density at radius 1 is 1.03 bits per heavy atom. The van der Waals surface area contributed by atoms with E-state index in [9.17, 15) is 9.59 Å². The predicted octanol–water partition coefficient (Wildman–Crippen LogP) is 5.24. The van der Waals surface area contributed by atoms with E-state index in [1.807, 2.05) is 31.2 Å². The van der Waals surface area contributed by atoms with Crippen LogP contribution in [0.15, 0.2) is 42.5 Å². The van der Waals surface area contributed by atoms with Gasteiger partial charge in [0.2, 0.25) is 5.91 Å². The van der Waals surface area contributed by atoms with Crippen LogP contribution in [0.4, 0.5) is 0 Å². The number of carbonyl (C=O) groups is 2. The van der Waals surface area contributed by atoms with Gasteiger partial charge in [0.25, 0.3) is 0 Å². The molecule has 3 rings (SSSR count). The number of ether oxygens (including phenoxy) is 1. The number of rotatable bonds is 8. The first-order valence-corrected chi connectivity index (χ1v) is 11.5. The smallest absolute Gasteiger partial charge is 0.327 e. The topological polar surface area (TPSA) is 49.9 Å². The van der Waals surface area contributed by atoms with Crippen LogP contribution in [-0.4, -0.2) is 53.9 Å². The van der Waals surface area contributed by atoms with E-state index in [0.717, 1.165) is 17.7 Å². The molecule has 0 saturated carbocycles. The Morgan fingerprint density at radius 3 is 2.21 bits per heavy atom. The molecule has 1 atom stereocenters. The number of esters is 1. The summed E-state index contributed by atoms with van der Waals surface area (Å²) in [6.45, 7) is 12.0. The summed E-state index contributed by atoms with van der Waals surface area (Å²) in [7, 11) is 1.79. The van der Waals surface area contributed by atoms with Gasteiger partial charge in [-0.15, -0.1) is 12.4 Å². The van der Waals surface area contributed by atoms with Crippen LogP contribution in [-0.2, 0) is 15.0 Å². The Labute approximate surface area is 208 Å². The Hall–Kier alpha value is -2.08. The number of nitrogens with zero attached hydrogens (tertiary/aromatic N) is 2. The second kappa shape index (κ2) is 10.9. The number of hydrogen-bond acceptors (Lipinski definition) is 4. The summed E-state index contributed by atoms with van der Waals surface area (Å²) in [5.74, 6) is -0.0876. The quantitative estimate of drug-likeness (QED) is 0.373. The van der Waals surface area contributed by atoms with Crippen molar-refractivity contribution in [1.29, 1.82) is 0 Å². The van der Waals surface area contributed by atoms with E-state index in [-0.39, 0.29) is 24.7 Å². The molecule has 0 spiro atoms. The van der Waals surface area contributed by atoms with E-state index < -0.39 is 11.4 Å². The third kappa shape index (κ3) is 5.53. The van der Waals surface area contributed by atoms with Crippen molar-refractivity contribution in [2.75, 3.05) is 20.1 Å². The van der Waals surface area contributed by atoms with Crippen LogP contribution in [0.5, 0.6) is 5.75 Å². The molecule has 5 nitrogen and oxygen atoms in total. The molecule has 1 aliphatic rings. The molecule has 0 radical (unpaired) electrons. The Kier molecular flexibility index (Phi) is 8.97. The van der Waals surface area contributed by atoms with Crippen LogP contribution >= 0.6 is 24.0 Å². The van der Waals surface area contributed by atoms with Crippen molar-refractivity contribution < 1.29 is 14.3 Å². The summed E-state index contributed by atoms with van der Waals surface area (Å²) in [5.41, 5.74) is 1.25. The fraction of sp³-hybridized carbons (Fsp3) is 0.462. The summed E-state index contributed by atoms with van der Waals surface area (Å²) >= 11 is 6.29. The van der Waals surface area contributed by atoms with E-state index in [2.05, 4.69) is 32.6 Å². The summed E-state index contributed by atoms with van der Waals surface area (Å²) in [6.07, 6.45) is -0.0118. The van der Waals surface area contributed by atoms with Gasteiger partial charge in [0.15, 0.2) is 0 Å². The number of amides is 1. The van der Waals surface area contributed by atoms with Gasteiger partial charge in [0, 0.05) is 42.8 Å². The molecule has 1 amide bonds. The number of fused-ring (bicyclic) bond motifs is 1. The van der Waals surface area contributed by atoms with Gasteiger partial charge >= 0.3 is 5.97 Å². The highest BCUT2D eigenvalue weighted by Crippen LogP contribution is 2.48. The molecular formula is C26H34Cl2N2O3. The van der Waals surface area contributed by atoms with Crippen molar-refractivity contribution >= 4 is 35.9 Å². The molecule has 0 aliphatic carbocycles. The predicted molar refractivity (Wildman–Crippen MR) is 136 cm³/mol. The molecule has 7 heteroatoms. The van der Waals surface area contributed by atoms with E-state index in [4.69, 9.17) is 16.3 Å². The molecular weight excluding hydrogens is 459 g/mol. The lowest BCUT2D eigenvalue weighted by atomic mass is 9.72. The van der Waals surface area contributed by atoms with Crippen LogP contribution in [0.2, 0.25) is 5.02 Å². The second-order valence-electron chi connectivity index (χ2n) is 9.22. The zero-order valence-electron chi connectivity index (χ0n) is 20.2. The van der Waals surface area contributed by atoms with Crippen molar-refractivity contribution in [3.05, 3.63) is 64.2 Å². The first-order chi connectivity index (χ1) is 15.1. The van der Waals surface area contributed by atoms with Gasteiger partial charge in [-0.2, -0.15) is 0 Å². The number of hydrogen-bond donors (Lipinski definition) is 0. The molecule has 0 aromatic heterocycles. The molecule has 180 valence electrons. The van der Waals surface area contributed by atoms with Crippen LogP contribution in [0.1, 0.15) is 50.8 Å². The van der Waals surface area contributed by atoms with Crippen LogP contribution in [0.3, 0.4) is 0 Å². The van der Waals surface area contributed by atoms with Crippen molar-refractivity contribution in [3.8, 4) is 5.75 Å². The van der Waals surface area contributed by atoms with Crippen LogP contribution in [0.25, 0.3) is 0 Å². The van der Waals surface area contributed by atoms with Crippen molar-refractivity contribution in [1.82, 2.24) is 9.80 Å². The van der Waals surface area contributed by atoms with Gasteiger partial charge in [0.05, 0.1) is 6.42 Å². The molecule has 1 heterocycles. The molecule has 1 unspecified atom stereocenters. The number of likely N-dealkylation sites (N-methyl/N-ethyl adjacent to an activating group) is 1.